The number of carbonyl (C=O) groups excluding carboxylic acids is 1. The lowest BCUT2D eigenvalue weighted by Crippen LogP contribution is -2.07. The highest BCUT2D eigenvalue weighted by atomic mass is 16.1. The molecule has 1 fully saturated rings. The first-order chi connectivity index (χ1) is 4.25. The number of hydrogen-bond donors (Lipinski definition) is 0. The normalized spacial score (nSPS) is 35.0. The highest BCUT2D eigenvalue weighted by Gasteiger charge is 2.27. The Labute approximate surface area is 55.8 Å². The van der Waals surface area contributed by atoms with Crippen LogP contribution in [0.1, 0.15) is 19.8 Å². The lowest BCUT2D eigenvalue weighted by atomic mass is 9.98. The molecule has 0 saturated heterocycles. The van der Waals surface area contributed by atoms with Crippen molar-refractivity contribution < 1.29 is 4.79 Å². The van der Waals surface area contributed by atoms with E-state index >= 15 is 0 Å². The molecule has 1 aliphatic rings. The molecule has 1 aliphatic carbocycles. The summed E-state index contributed by atoms with van der Waals surface area (Å²) < 4.78 is 0. The maximum atomic E-state index is 10.9. The average molecular weight is 124 g/mol. The molecule has 1 nitrogen and oxygen atoms in total. The van der Waals surface area contributed by atoms with Crippen LogP contribution >= 0.6 is 0 Å². The quantitative estimate of drug-likeness (QED) is 0.487. The molecule has 0 spiro atoms. The lowest BCUT2D eigenvalue weighted by molar-refractivity contribution is -0.120. The zero-order chi connectivity index (χ0) is 6.85. The van der Waals surface area contributed by atoms with Crippen LogP contribution in [0.25, 0.3) is 0 Å². The van der Waals surface area contributed by atoms with Gasteiger partial charge < -0.3 is 0 Å². The van der Waals surface area contributed by atoms with Gasteiger partial charge in [-0.25, -0.2) is 0 Å². The predicted octanol–water partition coefficient (Wildman–Crippen LogP) is 1.79. The van der Waals surface area contributed by atoms with Crippen molar-refractivity contribution in [2.24, 2.45) is 11.8 Å². The molecule has 9 heavy (non-hydrogen) atoms. The van der Waals surface area contributed by atoms with Crippen molar-refractivity contribution in [2.45, 2.75) is 19.8 Å². The minimum absolute atomic E-state index is 0.238. The Morgan fingerprint density at radius 3 is 2.67 bits per heavy atom. The molecule has 1 rings (SSSR count). The van der Waals surface area contributed by atoms with Crippen molar-refractivity contribution in [1.82, 2.24) is 0 Å². The molecule has 0 aromatic rings. The van der Waals surface area contributed by atoms with Crippen LogP contribution in [0, 0.1) is 11.8 Å². The summed E-state index contributed by atoms with van der Waals surface area (Å²) in [6.45, 7) is 5.66. The topological polar surface area (TPSA) is 17.1 Å². The second kappa shape index (κ2) is 2.34. The van der Waals surface area contributed by atoms with E-state index in [0.29, 0.717) is 11.7 Å². The SMILES string of the molecule is C=C[C@@H]1CCC(=O)[C@H]1C. The molecule has 0 aromatic carbocycles. The summed E-state index contributed by atoms with van der Waals surface area (Å²) >= 11 is 0. The van der Waals surface area contributed by atoms with Crippen molar-refractivity contribution in [1.29, 1.82) is 0 Å². The van der Waals surface area contributed by atoms with Gasteiger partial charge in [0.05, 0.1) is 0 Å². The average Bonchev–Trinajstić information content (AvgIpc) is 2.15. The van der Waals surface area contributed by atoms with Gasteiger partial charge in [-0.05, 0) is 12.3 Å². The van der Waals surface area contributed by atoms with Crippen LogP contribution in [0.5, 0.6) is 0 Å². The maximum Gasteiger partial charge on any atom is 0.136 e. The van der Waals surface area contributed by atoms with Gasteiger partial charge >= 0.3 is 0 Å². The van der Waals surface area contributed by atoms with Gasteiger partial charge in [0.2, 0.25) is 0 Å². The summed E-state index contributed by atoms with van der Waals surface area (Å²) in [7, 11) is 0. The fourth-order valence-electron chi connectivity index (χ4n) is 1.35. The van der Waals surface area contributed by atoms with E-state index in [1.807, 2.05) is 13.0 Å². The Hall–Kier alpha value is -0.590. The van der Waals surface area contributed by atoms with Crippen molar-refractivity contribution >= 4 is 5.78 Å². The first-order valence-electron chi connectivity index (χ1n) is 3.41. The third kappa shape index (κ3) is 1.04. The van der Waals surface area contributed by atoms with Gasteiger partial charge in [-0.2, -0.15) is 0 Å². The van der Waals surface area contributed by atoms with Crippen LogP contribution in [-0.2, 0) is 4.79 Å². The lowest BCUT2D eigenvalue weighted by Gasteiger charge is -2.05. The van der Waals surface area contributed by atoms with Gasteiger partial charge in [-0.15, -0.1) is 6.58 Å². The molecule has 1 saturated carbocycles. The molecule has 0 aliphatic heterocycles. The van der Waals surface area contributed by atoms with Crippen LogP contribution in [0.4, 0.5) is 0 Å². The van der Waals surface area contributed by atoms with E-state index in [1.54, 1.807) is 0 Å². The minimum Gasteiger partial charge on any atom is -0.299 e. The van der Waals surface area contributed by atoms with Crippen molar-refractivity contribution in [2.75, 3.05) is 0 Å². The molecule has 0 amide bonds. The third-order valence-electron chi connectivity index (χ3n) is 2.18. The van der Waals surface area contributed by atoms with E-state index in [-0.39, 0.29) is 5.92 Å². The maximum absolute atomic E-state index is 10.9. The molecular weight excluding hydrogens is 112 g/mol. The van der Waals surface area contributed by atoms with E-state index in [9.17, 15) is 4.79 Å². The number of ketones is 1. The van der Waals surface area contributed by atoms with Crippen molar-refractivity contribution in [3.05, 3.63) is 12.7 Å². The third-order valence-corrected chi connectivity index (χ3v) is 2.18. The number of carbonyl (C=O) groups is 1. The van der Waals surface area contributed by atoms with Crippen LogP contribution in [0.2, 0.25) is 0 Å². The van der Waals surface area contributed by atoms with Crippen molar-refractivity contribution in [3.63, 3.8) is 0 Å². The largest absolute Gasteiger partial charge is 0.299 e. The summed E-state index contributed by atoms with van der Waals surface area (Å²) in [4.78, 5) is 10.9. The van der Waals surface area contributed by atoms with E-state index in [2.05, 4.69) is 6.58 Å². The first kappa shape index (κ1) is 6.53. The Morgan fingerprint density at radius 2 is 2.44 bits per heavy atom. The molecule has 0 unspecified atom stereocenters. The minimum atomic E-state index is 0.238. The molecule has 0 N–H and O–H groups in total. The van der Waals surface area contributed by atoms with Gasteiger partial charge in [-0.3, -0.25) is 4.79 Å². The number of rotatable bonds is 1. The Morgan fingerprint density at radius 1 is 1.78 bits per heavy atom. The zero-order valence-corrected chi connectivity index (χ0v) is 5.76. The van der Waals surface area contributed by atoms with E-state index in [1.165, 1.54) is 0 Å². The van der Waals surface area contributed by atoms with Crippen LogP contribution in [0.15, 0.2) is 12.7 Å². The molecule has 0 bridgehead atoms. The zero-order valence-electron chi connectivity index (χ0n) is 5.76. The molecular formula is C8H12O. The van der Waals surface area contributed by atoms with Crippen molar-refractivity contribution in [3.8, 4) is 0 Å². The van der Waals surface area contributed by atoms with Gasteiger partial charge in [0.15, 0.2) is 0 Å². The van der Waals surface area contributed by atoms with E-state index in [0.717, 1.165) is 12.8 Å². The monoisotopic (exact) mass is 124 g/mol. The standard InChI is InChI=1S/C8H12O/c1-3-7-4-5-8(9)6(7)2/h3,6-7H,1,4-5H2,2H3/t6-,7+/m0/s1. The highest BCUT2D eigenvalue weighted by Crippen LogP contribution is 2.28. The molecule has 0 aromatic heterocycles. The summed E-state index contributed by atoms with van der Waals surface area (Å²) in [5.41, 5.74) is 0. The fourth-order valence-corrected chi connectivity index (χ4v) is 1.35. The van der Waals surface area contributed by atoms with Crippen LogP contribution < -0.4 is 0 Å². The number of allylic oxidation sites excluding steroid dienone is 1. The second-order valence-corrected chi connectivity index (χ2v) is 2.69. The summed E-state index contributed by atoms with van der Waals surface area (Å²) in [6, 6.07) is 0. The van der Waals surface area contributed by atoms with Gasteiger partial charge in [0, 0.05) is 12.3 Å². The fraction of sp³-hybridized carbons (Fsp3) is 0.625. The van der Waals surface area contributed by atoms with E-state index < -0.39 is 0 Å². The van der Waals surface area contributed by atoms with Crippen LogP contribution in [-0.4, -0.2) is 5.78 Å². The van der Waals surface area contributed by atoms with Crippen LogP contribution in [0.3, 0.4) is 0 Å². The van der Waals surface area contributed by atoms with Gasteiger partial charge in [-0.1, -0.05) is 13.0 Å². The summed E-state index contributed by atoms with van der Waals surface area (Å²) in [5.74, 6) is 1.10. The number of hydrogen-bond acceptors (Lipinski definition) is 1. The Bertz CT molecular complexity index is 138. The smallest absolute Gasteiger partial charge is 0.136 e. The molecule has 2 atom stereocenters. The highest BCUT2D eigenvalue weighted by molar-refractivity contribution is 5.83. The van der Waals surface area contributed by atoms with E-state index in [4.69, 9.17) is 0 Å². The Kier molecular flexibility index (Phi) is 1.70. The molecule has 0 radical (unpaired) electrons. The summed E-state index contributed by atoms with van der Waals surface area (Å²) in [6.07, 6.45) is 3.68. The second-order valence-electron chi connectivity index (χ2n) is 2.69. The number of Topliss-reactive ketones (excluding diaryl/α,β-unsaturated/α-hetero) is 1. The first-order valence-corrected chi connectivity index (χ1v) is 3.41. The Balaban J connectivity index is 2.61. The molecule has 1 heteroatoms. The van der Waals surface area contributed by atoms with Gasteiger partial charge in [0.1, 0.15) is 5.78 Å². The van der Waals surface area contributed by atoms with Gasteiger partial charge in [0.25, 0.3) is 0 Å². The molecule has 0 heterocycles. The predicted molar refractivity (Wildman–Crippen MR) is 37.1 cm³/mol. The molecule has 50 valence electrons. The summed E-state index contributed by atoms with van der Waals surface area (Å²) in [5, 5.41) is 0.